The van der Waals surface area contributed by atoms with Crippen LogP contribution < -0.4 is 5.32 Å². The minimum Gasteiger partial charge on any atom is -0.309 e. The number of nitrogens with one attached hydrogen (secondary N) is 1. The van der Waals surface area contributed by atoms with Crippen LogP contribution in [0.2, 0.25) is 0 Å². The molecule has 0 aliphatic heterocycles. The summed E-state index contributed by atoms with van der Waals surface area (Å²) in [5, 5.41) is 4.74. The zero-order valence-electron chi connectivity index (χ0n) is 11.5. The minimum absolute atomic E-state index is 0.757. The van der Waals surface area contributed by atoms with Gasteiger partial charge in [0.25, 0.3) is 0 Å². The maximum atomic E-state index is 4.59. The number of rotatable bonds is 4. The summed E-state index contributed by atoms with van der Waals surface area (Å²) in [5.41, 5.74) is 2.30. The molecule has 0 spiro atoms. The van der Waals surface area contributed by atoms with Gasteiger partial charge in [-0.1, -0.05) is 18.2 Å². The molecule has 21 heavy (non-hydrogen) atoms. The van der Waals surface area contributed by atoms with Crippen LogP contribution in [-0.4, -0.2) is 11.0 Å². The maximum Gasteiger partial charge on any atom is 0.0789 e. The van der Waals surface area contributed by atoms with E-state index < -0.39 is 0 Å². The van der Waals surface area contributed by atoms with Gasteiger partial charge >= 0.3 is 0 Å². The van der Waals surface area contributed by atoms with Crippen LogP contribution in [-0.2, 0) is 6.54 Å². The van der Waals surface area contributed by atoms with E-state index in [9.17, 15) is 0 Å². The molecule has 1 aromatic carbocycles. The third-order valence-electron chi connectivity index (χ3n) is 3.75. The van der Waals surface area contributed by atoms with Gasteiger partial charge in [-0.15, -0.1) is 11.3 Å². The fraction of sp³-hybridized carbons (Fsp3) is 0.235. The highest BCUT2D eigenvalue weighted by atomic mass is 79.9. The first kappa shape index (κ1) is 13.4. The Balaban J connectivity index is 1.68. The zero-order chi connectivity index (χ0) is 14.2. The molecule has 4 heteroatoms. The second-order valence-electron chi connectivity index (χ2n) is 5.45. The number of halogens is 1. The van der Waals surface area contributed by atoms with E-state index in [1.807, 2.05) is 17.5 Å². The lowest BCUT2D eigenvalue weighted by molar-refractivity contribution is 0.695. The number of pyridine rings is 1. The van der Waals surface area contributed by atoms with Crippen molar-refractivity contribution in [1.82, 2.24) is 10.3 Å². The highest BCUT2D eigenvalue weighted by molar-refractivity contribution is 9.10. The first-order valence-corrected chi connectivity index (χ1v) is 8.77. The molecule has 0 radical (unpaired) electrons. The molecule has 1 fully saturated rings. The summed E-state index contributed by atoms with van der Waals surface area (Å²) in [6, 6.07) is 13.7. The lowest BCUT2D eigenvalue weighted by Gasteiger charge is -2.04. The Morgan fingerprint density at radius 2 is 2.14 bits per heavy atom. The number of nitrogens with zero attached hydrogens (tertiary/aromatic N) is 1. The molecule has 106 valence electrons. The number of thiophene rings is 1. The highest BCUT2D eigenvalue weighted by Crippen LogP contribution is 2.33. The molecular formula is C17H15BrN2S. The largest absolute Gasteiger partial charge is 0.309 e. The number of aromatic nitrogens is 1. The summed E-state index contributed by atoms with van der Waals surface area (Å²) in [6.07, 6.45) is 4.54. The van der Waals surface area contributed by atoms with E-state index in [0.717, 1.165) is 22.6 Å². The molecule has 1 aliphatic carbocycles. The summed E-state index contributed by atoms with van der Waals surface area (Å²) in [7, 11) is 0. The van der Waals surface area contributed by atoms with Crippen molar-refractivity contribution < 1.29 is 0 Å². The van der Waals surface area contributed by atoms with Crippen molar-refractivity contribution in [3.63, 3.8) is 0 Å². The van der Waals surface area contributed by atoms with Crippen LogP contribution in [0, 0.1) is 0 Å². The third kappa shape index (κ3) is 2.89. The van der Waals surface area contributed by atoms with Crippen LogP contribution in [0.5, 0.6) is 0 Å². The molecule has 1 N–H and O–H groups in total. The van der Waals surface area contributed by atoms with Gasteiger partial charge in [0, 0.05) is 44.0 Å². The zero-order valence-corrected chi connectivity index (χ0v) is 13.9. The summed E-state index contributed by atoms with van der Waals surface area (Å²) in [4.78, 5) is 7.28. The van der Waals surface area contributed by atoms with Crippen LogP contribution in [0.3, 0.4) is 0 Å². The molecule has 4 rings (SSSR count). The molecule has 1 aliphatic rings. The van der Waals surface area contributed by atoms with Crippen LogP contribution >= 0.6 is 27.3 Å². The second-order valence-corrected chi connectivity index (χ2v) is 7.54. The van der Waals surface area contributed by atoms with Crippen LogP contribution in [0.1, 0.15) is 17.7 Å². The van der Waals surface area contributed by atoms with E-state index >= 15 is 0 Å². The Morgan fingerprint density at radius 1 is 1.24 bits per heavy atom. The van der Waals surface area contributed by atoms with Gasteiger partial charge in [0.05, 0.1) is 5.52 Å². The molecule has 2 nitrogen and oxygen atoms in total. The van der Waals surface area contributed by atoms with Crippen molar-refractivity contribution in [3.05, 3.63) is 51.9 Å². The average Bonchev–Trinajstić information content (AvgIpc) is 3.21. The SMILES string of the molecule is Brc1cnc2c(-c3ccc(CNC4CC4)s3)cccc2c1. The van der Waals surface area contributed by atoms with E-state index in [1.54, 1.807) is 0 Å². The first-order valence-electron chi connectivity index (χ1n) is 7.16. The molecular weight excluding hydrogens is 344 g/mol. The number of para-hydroxylation sites is 1. The Labute approximate surface area is 136 Å². The summed E-state index contributed by atoms with van der Waals surface area (Å²) in [5.74, 6) is 0. The predicted molar refractivity (Wildman–Crippen MR) is 92.6 cm³/mol. The lowest BCUT2D eigenvalue weighted by atomic mass is 10.1. The van der Waals surface area contributed by atoms with Crippen molar-refractivity contribution in [2.24, 2.45) is 0 Å². The van der Waals surface area contributed by atoms with Gasteiger partial charge in [0.1, 0.15) is 0 Å². The van der Waals surface area contributed by atoms with Crippen molar-refractivity contribution in [2.75, 3.05) is 0 Å². The first-order chi connectivity index (χ1) is 10.3. The molecule has 0 saturated heterocycles. The van der Waals surface area contributed by atoms with Crippen molar-refractivity contribution >= 4 is 38.2 Å². The Morgan fingerprint density at radius 3 is 3.00 bits per heavy atom. The summed E-state index contributed by atoms with van der Waals surface area (Å²) >= 11 is 5.35. The fourth-order valence-corrected chi connectivity index (χ4v) is 3.82. The van der Waals surface area contributed by atoms with Crippen LogP contribution in [0.4, 0.5) is 0 Å². The van der Waals surface area contributed by atoms with Gasteiger partial charge in [-0.05, 0) is 47.0 Å². The van der Waals surface area contributed by atoms with Crippen molar-refractivity contribution in [3.8, 4) is 10.4 Å². The average molecular weight is 359 g/mol. The van der Waals surface area contributed by atoms with Crippen LogP contribution in [0.25, 0.3) is 21.3 Å². The third-order valence-corrected chi connectivity index (χ3v) is 5.30. The molecule has 1 saturated carbocycles. The lowest BCUT2D eigenvalue weighted by Crippen LogP contribution is -2.14. The predicted octanol–water partition coefficient (Wildman–Crippen LogP) is 4.98. The standard InChI is InChI=1S/C17H15BrN2S/c18-12-8-11-2-1-3-15(17(11)20-9-12)16-7-6-14(21-16)10-19-13-4-5-13/h1-3,6-9,13,19H,4-5,10H2. The molecule has 3 aromatic rings. The van der Waals surface area contributed by atoms with Crippen molar-refractivity contribution in [2.45, 2.75) is 25.4 Å². The monoisotopic (exact) mass is 358 g/mol. The topological polar surface area (TPSA) is 24.9 Å². The van der Waals surface area contributed by atoms with E-state index in [1.165, 1.54) is 33.5 Å². The van der Waals surface area contributed by atoms with E-state index in [-0.39, 0.29) is 0 Å². The Bertz CT molecular complexity index is 792. The molecule has 2 aromatic heterocycles. The van der Waals surface area contributed by atoms with Gasteiger partial charge in [0.15, 0.2) is 0 Å². The Kier molecular flexibility index (Phi) is 3.53. The number of benzene rings is 1. The number of hydrogen-bond acceptors (Lipinski definition) is 3. The molecule has 2 heterocycles. The quantitative estimate of drug-likeness (QED) is 0.711. The molecule has 0 atom stereocenters. The summed E-state index contributed by atoms with van der Waals surface area (Å²) < 4.78 is 1.02. The fourth-order valence-electron chi connectivity index (χ4n) is 2.48. The van der Waals surface area contributed by atoms with Gasteiger partial charge in [-0.2, -0.15) is 0 Å². The highest BCUT2D eigenvalue weighted by Gasteiger charge is 2.20. The smallest absolute Gasteiger partial charge is 0.0789 e. The maximum absolute atomic E-state index is 4.59. The van der Waals surface area contributed by atoms with Gasteiger partial charge in [-0.25, -0.2) is 0 Å². The van der Waals surface area contributed by atoms with Gasteiger partial charge in [-0.3, -0.25) is 4.98 Å². The molecule has 0 bridgehead atoms. The van der Waals surface area contributed by atoms with Gasteiger partial charge < -0.3 is 5.32 Å². The Hall–Kier alpha value is -1.23. The minimum atomic E-state index is 0.757. The molecule has 0 amide bonds. The summed E-state index contributed by atoms with van der Waals surface area (Å²) in [6.45, 7) is 0.985. The van der Waals surface area contributed by atoms with Gasteiger partial charge in [0.2, 0.25) is 0 Å². The van der Waals surface area contributed by atoms with E-state index in [0.29, 0.717) is 0 Å². The number of hydrogen-bond donors (Lipinski definition) is 1. The van der Waals surface area contributed by atoms with Crippen LogP contribution in [0.15, 0.2) is 47.1 Å². The van der Waals surface area contributed by atoms with E-state index in [2.05, 4.69) is 62.6 Å². The molecule has 0 unspecified atom stereocenters. The second kappa shape index (κ2) is 5.52. The normalized spacial score (nSPS) is 14.7. The van der Waals surface area contributed by atoms with Crippen molar-refractivity contribution in [1.29, 1.82) is 0 Å². The van der Waals surface area contributed by atoms with E-state index in [4.69, 9.17) is 0 Å². The number of fused-ring (bicyclic) bond motifs is 1.